The zero-order chi connectivity index (χ0) is 18.0. The van der Waals surface area contributed by atoms with Gasteiger partial charge in [-0.15, -0.1) is 11.3 Å². The molecule has 0 saturated carbocycles. The quantitative estimate of drug-likeness (QED) is 0.678. The van der Waals surface area contributed by atoms with Crippen LogP contribution in [0.4, 0.5) is 13.2 Å². The highest BCUT2D eigenvalue weighted by Crippen LogP contribution is 2.23. The van der Waals surface area contributed by atoms with Gasteiger partial charge in [0.05, 0.1) is 12.0 Å². The van der Waals surface area contributed by atoms with E-state index in [0.717, 1.165) is 22.2 Å². The number of aromatic nitrogens is 2. The highest BCUT2D eigenvalue weighted by molar-refractivity contribution is 7.12. The molecular formula is C16H12F3N3O2S. The number of hydrogen-bond acceptors (Lipinski definition) is 4. The van der Waals surface area contributed by atoms with Crippen molar-refractivity contribution in [2.45, 2.75) is 12.6 Å². The number of carbonyl (C=O) groups excluding carboxylic acids is 2. The van der Waals surface area contributed by atoms with Crippen molar-refractivity contribution in [1.29, 1.82) is 0 Å². The third-order valence-corrected chi connectivity index (χ3v) is 4.30. The van der Waals surface area contributed by atoms with Crippen molar-refractivity contribution in [2.24, 2.45) is 0 Å². The minimum Gasteiger partial charge on any atom is -0.360 e. The number of fused-ring (bicyclic) bond motifs is 1. The van der Waals surface area contributed by atoms with Crippen LogP contribution in [0, 0.1) is 0 Å². The Morgan fingerprint density at radius 3 is 2.76 bits per heavy atom. The zero-order valence-corrected chi connectivity index (χ0v) is 13.5. The first-order chi connectivity index (χ1) is 11.8. The maximum Gasteiger partial charge on any atom is 0.390 e. The van der Waals surface area contributed by atoms with E-state index in [1.807, 2.05) is 12.1 Å². The van der Waals surface area contributed by atoms with Crippen LogP contribution in [0.15, 0.2) is 35.8 Å². The molecule has 0 aliphatic rings. The number of benzene rings is 1. The van der Waals surface area contributed by atoms with Gasteiger partial charge in [0.15, 0.2) is 5.01 Å². The van der Waals surface area contributed by atoms with Gasteiger partial charge in [-0.25, -0.2) is 4.98 Å². The number of amides is 1. The minimum absolute atomic E-state index is 0.0737. The van der Waals surface area contributed by atoms with Crippen LogP contribution in [0.2, 0.25) is 0 Å². The minimum atomic E-state index is -4.34. The Labute approximate surface area is 143 Å². The van der Waals surface area contributed by atoms with Crippen molar-refractivity contribution < 1.29 is 22.8 Å². The summed E-state index contributed by atoms with van der Waals surface area (Å²) in [5.74, 6) is -1.09. The van der Waals surface area contributed by atoms with E-state index in [9.17, 15) is 22.8 Å². The van der Waals surface area contributed by atoms with Gasteiger partial charge in [0, 0.05) is 29.0 Å². The lowest BCUT2D eigenvalue weighted by Crippen LogP contribution is -2.28. The summed E-state index contributed by atoms with van der Waals surface area (Å²) in [5.41, 5.74) is 1.15. The highest BCUT2D eigenvalue weighted by atomic mass is 32.1. The van der Waals surface area contributed by atoms with Crippen LogP contribution in [0.3, 0.4) is 0 Å². The fourth-order valence-corrected chi connectivity index (χ4v) is 3.02. The lowest BCUT2D eigenvalue weighted by atomic mass is 10.1. The number of aromatic amines is 1. The summed E-state index contributed by atoms with van der Waals surface area (Å²) in [6.07, 6.45) is -3.90. The average molecular weight is 367 g/mol. The van der Waals surface area contributed by atoms with Crippen molar-refractivity contribution in [3.05, 3.63) is 52.1 Å². The largest absolute Gasteiger partial charge is 0.390 e. The van der Waals surface area contributed by atoms with Gasteiger partial charge in [-0.3, -0.25) is 9.59 Å². The van der Waals surface area contributed by atoms with Gasteiger partial charge in [-0.1, -0.05) is 18.2 Å². The molecular weight excluding hydrogens is 355 g/mol. The number of rotatable bonds is 5. The molecule has 3 aromatic rings. The van der Waals surface area contributed by atoms with E-state index in [0.29, 0.717) is 5.56 Å². The zero-order valence-electron chi connectivity index (χ0n) is 12.7. The lowest BCUT2D eigenvalue weighted by molar-refractivity contribution is -0.133. The van der Waals surface area contributed by atoms with E-state index in [-0.39, 0.29) is 16.5 Å². The number of halogens is 3. The molecule has 1 amide bonds. The number of ketones is 1. The fraction of sp³-hybridized carbons (Fsp3) is 0.188. The van der Waals surface area contributed by atoms with E-state index in [1.165, 1.54) is 5.38 Å². The second-order valence-electron chi connectivity index (χ2n) is 5.24. The second kappa shape index (κ2) is 6.67. The summed E-state index contributed by atoms with van der Waals surface area (Å²) in [5, 5.41) is 4.33. The number of nitrogens with zero attached hydrogens (tertiary/aromatic N) is 1. The molecule has 0 aliphatic carbocycles. The molecule has 2 N–H and O–H groups in total. The predicted octanol–water partition coefficient (Wildman–Crippen LogP) is 3.54. The number of thiazole rings is 1. The van der Waals surface area contributed by atoms with E-state index < -0.39 is 25.0 Å². The second-order valence-corrected chi connectivity index (χ2v) is 6.09. The molecule has 0 aliphatic heterocycles. The van der Waals surface area contributed by atoms with Crippen LogP contribution in [-0.4, -0.2) is 34.4 Å². The van der Waals surface area contributed by atoms with E-state index in [4.69, 9.17) is 0 Å². The Bertz CT molecular complexity index is 930. The first-order valence-corrected chi connectivity index (χ1v) is 8.14. The fourth-order valence-electron chi connectivity index (χ4n) is 2.27. The number of hydrogen-bond donors (Lipinski definition) is 2. The van der Waals surface area contributed by atoms with Gasteiger partial charge in [0.25, 0.3) is 5.91 Å². The number of para-hydroxylation sites is 1. The normalized spacial score (nSPS) is 11.6. The molecule has 9 heteroatoms. The molecule has 0 saturated heterocycles. The third kappa shape index (κ3) is 3.87. The molecule has 0 spiro atoms. The monoisotopic (exact) mass is 367 g/mol. The molecule has 1 aromatic carbocycles. The summed E-state index contributed by atoms with van der Waals surface area (Å²) >= 11 is 0.974. The van der Waals surface area contributed by atoms with Crippen molar-refractivity contribution in [3.63, 3.8) is 0 Å². The van der Waals surface area contributed by atoms with Crippen molar-refractivity contribution in [3.8, 4) is 0 Å². The molecule has 0 unspecified atom stereocenters. The Morgan fingerprint density at radius 1 is 1.24 bits per heavy atom. The highest BCUT2D eigenvalue weighted by Gasteiger charge is 2.27. The van der Waals surface area contributed by atoms with Crippen molar-refractivity contribution >= 4 is 33.9 Å². The first-order valence-electron chi connectivity index (χ1n) is 7.26. The van der Waals surface area contributed by atoms with Crippen LogP contribution < -0.4 is 5.32 Å². The topological polar surface area (TPSA) is 74.8 Å². The maximum absolute atomic E-state index is 12.6. The van der Waals surface area contributed by atoms with E-state index in [2.05, 4.69) is 15.3 Å². The summed E-state index contributed by atoms with van der Waals surface area (Å²) in [7, 11) is 0. The van der Waals surface area contributed by atoms with Gasteiger partial charge in [0.1, 0.15) is 5.69 Å². The Morgan fingerprint density at radius 2 is 2.00 bits per heavy atom. The molecule has 0 fully saturated rings. The van der Waals surface area contributed by atoms with E-state index in [1.54, 1.807) is 18.3 Å². The van der Waals surface area contributed by atoms with E-state index >= 15 is 0 Å². The number of H-pyrrole nitrogens is 1. The van der Waals surface area contributed by atoms with Gasteiger partial charge in [-0.2, -0.15) is 13.2 Å². The van der Waals surface area contributed by atoms with Gasteiger partial charge in [0.2, 0.25) is 5.78 Å². The molecule has 5 nitrogen and oxygen atoms in total. The van der Waals surface area contributed by atoms with Crippen LogP contribution >= 0.6 is 11.3 Å². The number of alkyl halides is 3. The molecule has 0 radical (unpaired) electrons. The van der Waals surface area contributed by atoms with Gasteiger partial charge < -0.3 is 10.3 Å². The number of nitrogens with one attached hydrogen (secondary N) is 2. The summed E-state index contributed by atoms with van der Waals surface area (Å²) in [4.78, 5) is 31.3. The lowest BCUT2D eigenvalue weighted by Gasteiger charge is -2.06. The van der Waals surface area contributed by atoms with Gasteiger partial charge >= 0.3 is 6.18 Å². The predicted molar refractivity (Wildman–Crippen MR) is 86.9 cm³/mol. The third-order valence-electron chi connectivity index (χ3n) is 3.46. The molecule has 3 rings (SSSR count). The summed E-state index contributed by atoms with van der Waals surface area (Å²) < 4.78 is 36.3. The Balaban J connectivity index is 1.72. The SMILES string of the molecule is O=C(NCCC(F)(F)F)c1csc(C(=O)c2c[nH]c3ccccc23)n1. The smallest absolute Gasteiger partial charge is 0.360 e. The summed E-state index contributed by atoms with van der Waals surface area (Å²) in [6, 6.07) is 7.25. The molecule has 0 bridgehead atoms. The Kier molecular flexibility index (Phi) is 4.58. The molecule has 130 valence electrons. The first kappa shape index (κ1) is 17.2. The average Bonchev–Trinajstić information content (AvgIpc) is 3.20. The van der Waals surface area contributed by atoms with Crippen LogP contribution in [-0.2, 0) is 0 Å². The van der Waals surface area contributed by atoms with Gasteiger partial charge in [-0.05, 0) is 6.07 Å². The van der Waals surface area contributed by atoms with Crippen LogP contribution in [0.1, 0.15) is 32.3 Å². The molecule has 2 aromatic heterocycles. The molecule has 25 heavy (non-hydrogen) atoms. The van der Waals surface area contributed by atoms with Crippen LogP contribution in [0.5, 0.6) is 0 Å². The molecule has 0 atom stereocenters. The standard InChI is InChI=1S/C16H12F3N3O2S/c17-16(18,19)5-6-20-14(24)12-8-25-15(22-12)13(23)10-7-21-11-4-2-1-3-9(10)11/h1-4,7-8,21H,5-6H2,(H,20,24). The van der Waals surface area contributed by atoms with Crippen molar-refractivity contribution in [2.75, 3.05) is 6.54 Å². The number of carbonyl (C=O) groups is 2. The summed E-state index contributed by atoms with van der Waals surface area (Å²) in [6.45, 7) is -0.536. The maximum atomic E-state index is 12.6. The Hall–Kier alpha value is -2.68. The van der Waals surface area contributed by atoms with Crippen molar-refractivity contribution in [1.82, 2.24) is 15.3 Å². The molecule has 2 heterocycles. The van der Waals surface area contributed by atoms with Crippen LogP contribution in [0.25, 0.3) is 10.9 Å².